The highest BCUT2D eigenvalue weighted by molar-refractivity contribution is 5.76. The molecule has 0 aliphatic heterocycles. The van der Waals surface area contributed by atoms with Crippen LogP contribution >= 0.6 is 0 Å². The van der Waals surface area contributed by atoms with Crippen molar-refractivity contribution < 1.29 is 0 Å². The molecule has 140 valence electrons. The summed E-state index contributed by atoms with van der Waals surface area (Å²) in [5.41, 5.74) is 17.4. The predicted octanol–water partition coefficient (Wildman–Crippen LogP) is 4.94. The summed E-state index contributed by atoms with van der Waals surface area (Å²) in [6.45, 7) is 1.46. The molecule has 0 aliphatic rings. The minimum Gasteiger partial charge on any atom is -0.330 e. The highest BCUT2D eigenvalue weighted by atomic mass is 15.1. The highest BCUT2D eigenvalue weighted by Gasteiger charge is 2.12. The monoisotopic (exact) mass is 359 g/mol. The Morgan fingerprint density at radius 2 is 0.926 bits per heavy atom. The molecule has 0 heterocycles. The molecule has 0 saturated heterocycles. The van der Waals surface area contributed by atoms with Gasteiger partial charge in [-0.1, -0.05) is 42.5 Å². The number of benzene rings is 3. The minimum absolute atomic E-state index is 0.731. The Hall–Kier alpha value is -2.62. The molecule has 0 aromatic heterocycles. The van der Waals surface area contributed by atoms with Crippen LogP contribution in [0, 0.1) is 0 Å². The third-order valence-electron chi connectivity index (χ3n) is 4.74. The second-order valence-electron chi connectivity index (χ2n) is 6.79. The third kappa shape index (κ3) is 5.19. The molecule has 4 N–H and O–H groups in total. The van der Waals surface area contributed by atoms with Crippen molar-refractivity contribution in [2.45, 2.75) is 25.7 Å². The van der Waals surface area contributed by atoms with Crippen molar-refractivity contribution >= 4 is 17.1 Å². The maximum atomic E-state index is 5.63. The van der Waals surface area contributed by atoms with Gasteiger partial charge >= 0.3 is 0 Å². The molecule has 0 spiro atoms. The molecule has 3 aromatic rings. The second-order valence-corrected chi connectivity index (χ2v) is 6.79. The Kier molecular flexibility index (Phi) is 7.03. The molecule has 3 nitrogen and oxygen atoms in total. The SMILES string of the molecule is NCCCc1ccc(N(c2ccccc2)c2ccc(CCCN)cc2)cc1. The average molecular weight is 360 g/mol. The van der Waals surface area contributed by atoms with Gasteiger partial charge in [0.15, 0.2) is 0 Å². The number of aryl methyl sites for hydroxylation is 2. The van der Waals surface area contributed by atoms with Crippen molar-refractivity contribution in [3.8, 4) is 0 Å². The summed E-state index contributed by atoms with van der Waals surface area (Å²) in [4.78, 5) is 2.29. The van der Waals surface area contributed by atoms with E-state index in [1.165, 1.54) is 11.1 Å². The first-order valence-corrected chi connectivity index (χ1v) is 9.75. The molecule has 0 atom stereocenters. The van der Waals surface area contributed by atoms with Crippen LogP contribution in [0.25, 0.3) is 0 Å². The number of hydrogen-bond acceptors (Lipinski definition) is 3. The summed E-state index contributed by atoms with van der Waals surface area (Å²) in [7, 11) is 0. The molecule has 0 radical (unpaired) electrons. The number of anilines is 3. The van der Waals surface area contributed by atoms with Crippen LogP contribution in [-0.2, 0) is 12.8 Å². The molecule has 27 heavy (non-hydrogen) atoms. The van der Waals surface area contributed by atoms with E-state index < -0.39 is 0 Å². The van der Waals surface area contributed by atoms with E-state index in [-0.39, 0.29) is 0 Å². The van der Waals surface area contributed by atoms with Crippen LogP contribution in [-0.4, -0.2) is 13.1 Å². The quantitative estimate of drug-likeness (QED) is 0.569. The van der Waals surface area contributed by atoms with Crippen LogP contribution in [0.15, 0.2) is 78.9 Å². The predicted molar refractivity (Wildman–Crippen MR) is 116 cm³/mol. The smallest absolute Gasteiger partial charge is 0.0461 e. The molecular formula is C24H29N3. The van der Waals surface area contributed by atoms with Gasteiger partial charge in [0, 0.05) is 17.1 Å². The molecule has 0 bridgehead atoms. The van der Waals surface area contributed by atoms with Gasteiger partial charge in [0.1, 0.15) is 0 Å². The van der Waals surface area contributed by atoms with E-state index in [0.717, 1.165) is 55.8 Å². The van der Waals surface area contributed by atoms with E-state index in [4.69, 9.17) is 11.5 Å². The first-order valence-electron chi connectivity index (χ1n) is 9.75. The Labute approximate surface area is 162 Å². The van der Waals surface area contributed by atoms with E-state index in [0.29, 0.717) is 0 Å². The lowest BCUT2D eigenvalue weighted by Crippen LogP contribution is -2.10. The fourth-order valence-corrected chi connectivity index (χ4v) is 3.26. The summed E-state index contributed by atoms with van der Waals surface area (Å²) in [5, 5.41) is 0. The number of para-hydroxylation sites is 1. The van der Waals surface area contributed by atoms with Gasteiger partial charge < -0.3 is 16.4 Å². The van der Waals surface area contributed by atoms with Crippen LogP contribution in [0.2, 0.25) is 0 Å². The van der Waals surface area contributed by atoms with E-state index in [2.05, 4.69) is 77.7 Å². The van der Waals surface area contributed by atoms with E-state index in [1.54, 1.807) is 0 Å². The molecule has 0 aliphatic carbocycles. The lowest BCUT2D eigenvalue weighted by molar-refractivity contribution is 0.832. The van der Waals surface area contributed by atoms with E-state index in [9.17, 15) is 0 Å². The molecule has 0 unspecified atom stereocenters. The summed E-state index contributed by atoms with van der Waals surface area (Å²) in [6.07, 6.45) is 4.09. The van der Waals surface area contributed by atoms with Gasteiger partial charge in [-0.25, -0.2) is 0 Å². The zero-order valence-corrected chi connectivity index (χ0v) is 15.9. The Balaban J connectivity index is 1.90. The van der Waals surface area contributed by atoms with Crippen molar-refractivity contribution in [3.05, 3.63) is 90.0 Å². The first-order chi connectivity index (χ1) is 13.3. The van der Waals surface area contributed by atoms with Crippen LogP contribution in [0.5, 0.6) is 0 Å². The van der Waals surface area contributed by atoms with Gasteiger partial charge in [-0.15, -0.1) is 0 Å². The number of nitrogens with zero attached hydrogens (tertiary/aromatic N) is 1. The maximum Gasteiger partial charge on any atom is 0.0461 e. The Morgan fingerprint density at radius 3 is 1.33 bits per heavy atom. The summed E-state index contributed by atoms with van der Waals surface area (Å²) < 4.78 is 0. The number of rotatable bonds is 9. The minimum atomic E-state index is 0.731. The maximum absolute atomic E-state index is 5.63. The lowest BCUT2D eigenvalue weighted by Gasteiger charge is -2.26. The first kappa shape index (κ1) is 19.2. The zero-order valence-electron chi connectivity index (χ0n) is 15.9. The molecular weight excluding hydrogens is 330 g/mol. The van der Waals surface area contributed by atoms with Gasteiger partial charge in [-0.05, 0) is 86.3 Å². The summed E-state index contributed by atoms with van der Waals surface area (Å²) >= 11 is 0. The Bertz CT molecular complexity index is 744. The van der Waals surface area contributed by atoms with Gasteiger partial charge in [-0.2, -0.15) is 0 Å². The normalized spacial score (nSPS) is 10.7. The highest BCUT2D eigenvalue weighted by Crippen LogP contribution is 2.34. The lowest BCUT2D eigenvalue weighted by atomic mass is 10.1. The van der Waals surface area contributed by atoms with Gasteiger partial charge in [0.2, 0.25) is 0 Å². The van der Waals surface area contributed by atoms with Crippen LogP contribution < -0.4 is 16.4 Å². The summed E-state index contributed by atoms with van der Waals surface area (Å²) in [5.74, 6) is 0. The standard InChI is InChI=1S/C24H29N3/c25-18-4-6-20-10-14-23(15-11-20)27(22-8-2-1-3-9-22)24-16-12-21(13-17-24)7-5-19-26/h1-3,8-17H,4-7,18-19,25-26H2. The molecule has 3 rings (SSSR count). The molecule has 3 heteroatoms. The van der Waals surface area contributed by atoms with Gasteiger partial charge in [-0.3, -0.25) is 0 Å². The third-order valence-corrected chi connectivity index (χ3v) is 4.74. The molecule has 0 saturated carbocycles. The van der Waals surface area contributed by atoms with Gasteiger partial charge in [0.25, 0.3) is 0 Å². The fourth-order valence-electron chi connectivity index (χ4n) is 3.26. The topological polar surface area (TPSA) is 55.3 Å². The van der Waals surface area contributed by atoms with Gasteiger partial charge in [0.05, 0.1) is 0 Å². The van der Waals surface area contributed by atoms with E-state index >= 15 is 0 Å². The number of nitrogens with two attached hydrogens (primary N) is 2. The van der Waals surface area contributed by atoms with Crippen LogP contribution in [0.1, 0.15) is 24.0 Å². The van der Waals surface area contributed by atoms with Crippen molar-refractivity contribution in [1.82, 2.24) is 0 Å². The van der Waals surface area contributed by atoms with Crippen molar-refractivity contribution in [1.29, 1.82) is 0 Å². The zero-order chi connectivity index (χ0) is 18.9. The van der Waals surface area contributed by atoms with Crippen molar-refractivity contribution in [2.24, 2.45) is 11.5 Å². The molecule has 0 amide bonds. The van der Waals surface area contributed by atoms with Crippen LogP contribution in [0.4, 0.5) is 17.1 Å². The number of hydrogen-bond donors (Lipinski definition) is 2. The average Bonchev–Trinajstić information content (AvgIpc) is 2.73. The molecule has 3 aromatic carbocycles. The molecule has 0 fully saturated rings. The fraction of sp³-hybridized carbons (Fsp3) is 0.250. The summed E-state index contributed by atoms with van der Waals surface area (Å²) in [6, 6.07) is 28.1. The Morgan fingerprint density at radius 1 is 0.519 bits per heavy atom. The largest absolute Gasteiger partial charge is 0.330 e. The van der Waals surface area contributed by atoms with E-state index in [1.807, 2.05) is 6.07 Å². The second kappa shape index (κ2) is 9.91. The van der Waals surface area contributed by atoms with Crippen molar-refractivity contribution in [2.75, 3.05) is 18.0 Å². The van der Waals surface area contributed by atoms with Crippen molar-refractivity contribution in [3.63, 3.8) is 0 Å². The van der Waals surface area contributed by atoms with Crippen LogP contribution in [0.3, 0.4) is 0 Å².